The van der Waals surface area contributed by atoms with Crippen LogP contribution in [0.15, 0.2) is 108 Å². The summed E-state index contributed by atoms with van der Waals surface area (Å²) in [5.41, 5.74) is 4.47. The molecule has 2 aromatic carbocycles. The Kier molecular flexibility index (Phi) is 7.10. The van der Waals surface area contributed by atoms with E-state index in [1.165, 1.54) is 24.3 Å². The van der Waals surface area contributed by atoms with Crippen LogP contribution in [0.25, 0.3) is 11.3 Å². The van der Waals surface area contributed by atoms with E-state index in [1.807, 2.05) is 60.2 Å². The Morgan fingerprint density at radius 1 is 0.853 bits per heavy atom. The number of rotatable bonds is 5. The van der Waals surface area contributed by atoms with E-state index >= 15 is 0 Å². The molecule has 1 aliphatic carbocycles. The Balaban J connectivity index is 1.62. The second-order valence-electron chi connectivity index (χ2n) is 7.88. The fourth-order valence-corrected chi connectivity index (χ4v) is 3.53. The first kappa shape index (κ1) is 22.9. The molecule has 0 unspecified atom stereocenters. The van der Waals surface area contributed by atoms with Crippen LogP contribution in [0.5, 0.6) is 0 Å². The summed E-state index contributed by atoms with van der Waals surface area (Å²) in [7, 11) is 1.96. The van der Waals surface area contributed by atoms with E-state index in [2.05, 4.69) is 6.07 Å². The predicted molar refractivity (Wildman–Crippen MR) is 131 cm³/mol. The standard InChI is InChI=1S/C29H23F2N2O/c1-33(18-2-17-32)27-14-3-21(4-15-27)5-16-28-19-24(22-6-10-25(30)11-7-22)20-29(34-28)23-8-12-26(31)13-9-23/h3-16,19-20H,2,18H2,1H3/q+1/b21-5?,28-16+,33-27?. The van der Waals surface area contributed by atoms with Crippen LogP contribution < -0.4 is 0 Å². The van der Waals surface area contributed by atoms with Gasteiger partial charge in [-0.25, -0.2) is 13.4 Å². The monoisotopic (exact) mass is 453 g/mol. The van der Waals surface area contributed by atoms with Gasteiger partial charge in [-0.05, 0) is 83.5 Å². The fourth-order valence-electron chi connectivity index (χ4n) is 3.53. The number of nitrogens with zero attached hydrogens (tertiary/aromatic N) is 2. The molecule has 3 nitrogen and oxygen atoms in total. The smallest absolute Gasteiger partial charge is 0.199 e. The van der Waals surface area contributed by atoms with Gasteiger partial charge in [0.05, 0.1) is 12.5 Å². The van der Waals surface area contributed by atoms with Gasteiger partial charge in [0.2, 0.25) is 0 Å². The number of nitriles is 1. The number of halogens is 2. The van der Waals surface area contributed by atoms with Gasteiger partial charge in [-0.15, -0.1) is 0 Å². The van der Waals surface area contributed by atoms with Crippen molar-refractivity contribution in [3.05, 3.63) is 131 Å². The third kappa shape index (κ3) is 5.73. The number of ether oxygens (including phenoxy) is 1. The van der Waals surface area contributed by atoms with Gasteiger partial charge < -0.3 is 4.74 Å². The third-order valence-corrected chi connectivity index (χ3v) is 5.45. The van der Waals surface area contributed by atoms with E-state index in [9.17, 15) is 8.78 Å². The fraction of sp³-hybridized carbons (Fsp3) is 0.103. The van der Waals surface area contributed by atoms with Gasteiger partial charge in [0.1, 0.15) is 30.2 Å². The maximum absolute atomic E-state index is 13.4. The van der Waals surface area contributed by atoms with E-state index in [0.29, 0.717) is 24.5 Å². The van der Waals surface area contributed by atoms with Crippen LogP contribution in [0.3, 0.4) is 0 Å². The number of hydrogen-bond donors (Lipinski definition) is 0. The van der Waals surface area contributed by atoms with Crippen molar-refractivity contribution in [1.29, 1.82) is 5.26 Å². The summed E-state index contributed by atoms with van der Waals surface area (Å²) in [6.45, 7) is 0.674. The molecule has 5 heteroatoms. The summed E-state index contributed by atoms with van der Waals surface area (Å²) in [5.74, 6) is 0.567. The van der Waals surface area contributed by atoms with Gasteiger partial charge in [-0.3, -0.25) is 0 Å². The summed E-state index contributed by atoms with van der Waals surface area (Å²) in [5, 5.41) is 8.77. The molecule has 0 aromatic heterocycles. The molecule has 0 fully saturated rings. The summed E-state index contributed by atoms with van der Waals surface area (Å²) in [6.07, 6.45) is 16.1. The minimum Gasteiger partial charge on any atom is -0.457 e. The summed E-state index contributed by atoms with van der Waals surface area (Å²) in [4.78, 5) is 0. The second-order valence-corrected chi connectivity index (χ2v) is 7.88. The molecule has 34 heavy (non-hydrogen) atoms. The lowest BCUT2D eigenvalue weighted by atomic mass is 10.00. The molecule has 0 bridgehead atoms. The molecule has 0 amide bonds. The van der Waals surface area contributed by atoms with Crippen molar-refractivity contribution in [3.63, 3.8) is 0 Å². The van der Waals surface area contributed by atoms with E-state index < -0.39 is 0 Å². The Labute approximate surface area is 197 Å². The predicted octanol–water partition coefficient (Wildman–Crippen LogP) is 6.35. The van der Waals surface area contributed by atoms with Crippen LogP contribution in [0, 0.1) is 23.0 Å². The van der Waals surface area contributed by atoms with Gasteiger partial charge in [0.15, 0.2) is 12.3 Å². The second kappa shape index (κ2) is 10.5. The van der Waals surface area contributed by atoms with Crippen molar-refractivity contribution >= 4 is 17.0 Å². The van der Waals surface area contributed by atoms with Crippen molar-refractivity contribution in [2.24, 2.45) is 0 Å². The first-order valence-electron chi connectivity index (χ1n) is 10.9. The average Bonchev–Trinajstić information content (AvgIpc) is 2.87. The van der Waals surface area contributed by atoms with E-state index in [1.54, 1.807) is 24.3 Å². The number of allylic oxidation sites excluding steroid dienone is 10. The molecule has 0 radical (unpaired) electrons. The molecule has 2 aliphatic rings. The van der Waals surface area contributed by atoms with Crippen LogP contribution in [0.2, 0.25) is 0 Å². The average molecular weight is 454 g/mol. The highest BCUT2D eigenvalue weighted by Gasteiger charge is 2.15. The number of benzene rings is 2. The Hall–Kier alpha value is -4.30. The molecule has 0 N–H and O–H groups in total. The molecule has 2 aromatic rings. The Bertz CT molecular complexity index is 1310. The lowest BCUT2D eigenvalue weighted by Gasteiger charge is -2.18. The van der Waals surface area contributed by atoms with Crippen molar-refractivity contribution < 1.29 is 18.1 Å². The Morgan fingerprint density at radius 3 is 2.09 bits per heavy atom. The minimum absolute atomic E-state index is 0.301. The zero-order valence-corrected chi connectivity index (χ0v) is 18.7. The molecule has 1 heterocycles. The van der Waals surface area contributed by atoms with Crippen molar-refractivity contribution in [3.8, 4) is 6.07 Å². The molecular weight excluding hydrogens is 430 g/mol. The molecule has 4 rings (SSSR count). The van der Waals surface area contributed by atoms with E-state index in [0.717, 1.165) is 28.0 Å². The molecule has 0 atom stereocenters. The zero-order valence-electron chi connectivity index (χ0n) is 18.7. The summed E-state index contributed by atoms with van der Waals surface area (Å²) in [6, 6.07) is 14.5. The molecule has 0 spiro atoms. The van der Waals surface area contributed by atoms with Crippen molar-refractivity contribution in [1.82, 2.24) is 0 Å². The molecule has 1 aliphatic heterocycles. The van der Waals surface area contributed by atoms with Crippen molar-refractivity contribution in [2.75, 3.05) is 13.6 Å². The highest BCUT2D eigenvalue weighted by atomic mass is 19.1. The van der Waals surface area contributed by atoms with Gasteiger partial charge in [0.25, 0.3) is 0 Å². The maximum atomic E-state index is 13.4. The topological polar surface area (TPSA) is 36.0 Å². The van der Waals surface area contributed by atoms with E-state index in [4.69, 9.17) is 10.00 Å². The lowest BCUT2D eigenvalue weighted by molar-refractivity contribution is -0.494. The summed E-state index contributed by atoms with van der Waals surface area (Å²) < 4.78 is 35.0. The van der Waals surface area contributed by atoms with Crippen LogP contribution in [-0.4, -0.2) is 23.9 Å². The highest BCUT2D eigenvalue weighted by molar-refractivity contribution is 6.02. The largest absolute Gasteiger partial charge is 0.457 e. The minimum atomic E-state index is -0.319. The van der Waals surface area contributed by atoms with Gasteiger partial charge in [0, 0.05) is 17.7 Å². The summed E-state index contributed by atoms with van der Waals surface area (Å²) >= 11 is 0. The molecule has 0 saturated heterocycles. The Morgan fingerprint density at radius 2 is 1.47 bits per heavy atom. The molecular formula is C29H23F2N2O+. The van der Waals surface area contributed by atoms with Gasteiger partial charge in [-0.2, -0.15) is 5.26 Å². The van der Waals surface area contributed by atoms with Crippen LogP contribution in [0.4, 0.5) is 8.78 Å². The first-order valence-corrected chi connectivity index (χ1v) is 10.9. The maximum Gasteiger partial charge on any atom is 0.199 e. The highest BCUT2D eigenvalue weighted by Crippen LogP contribution is 2.32. The van der Waals surface area contributed by atoms with Crippen molar-refractivity contribution in [2.45, 2.75) is 6.42 Å². The molecule has 168 valence electrons. The normalized spacial score (nSPS) is 16.0. The SMILES string of the molecule is C[N+](CCC#N)=C1C=CC(=C/C=C2\C=C(c3ccc(F)cc3)C=C(c3ccc(F)cc3)O2)C=C1. The lowest BCUT2D eigenvalue weighted by Crippen LogP contribution is -2.16. The quantitative estimate of drug-likeness (QED) is 0.495. The van der Waals surface area contributed by atoms with Crippen LogP contribution in [0.1, 0.15) is 17.5 Å². The third-order valence-electron chi connectivity index (χ3n) is 5.45. The van der Waals surface area contributed by atoms with Gasteiger partial charge >= 0.3 is 0 Å². The zero-order chi connectivity index (χ0) is 23.9. The van der Waals surface area contributed by atoms with Crippen LogP contribution >= 0.6 is 0 Å². The number of hydrogen-bond acceptors (Lipinski definition) is 2. The van der Waals surface area contributed by atoms with Gasteiger partial charge in [-0.1, -0.05) is 18.2 Å². The van der Waals surface area contributed by atoms with E-state index in [-0.39, 0.29) is 11.6 Å². The molecule has 0 saturated carbocycles. The van der Waals surface area contributed by atoms with Crippen LogP contribution in [-0.2, 0) is 4.74 Å². The first-order chi connectivity index (χ1) is 16.5.